The molecule has 0 aromatic rings. The second kappa shape index (κ2) is 10.5. The van der Waals surface area contributed by atoms with E-state index in [1.54, 1.807) is 0 Å². The molecule has 0 spiro atoms. The van der Waals surface area contributed by atoms with Gasteiger partial charge in [0.25, 0.3) is 0 Å². The van der Waals surface area contributed by atoms with Crippen molar-refractivity contribution in [1.82, 2.24) is 15.1 Å². The summed E-state index contributed by atoms with van der Waals surface area (Å²) >= 11 is 0. The third kappa shape index (κ3) is 5.28. The Labute approximate surface area is 204 Å². The topological polar surface area (TPSA) is 85.7 Å². The lowest BCUT2D eigenvalue weighted by Crippen LogP contribution is -2.53. The Morgan fingerprint density at radius 2 is 1.85 bits per heavy atom. The molecule has 5 rings (SSSR count). The lowest BCUT2D eigenvalue weighted by atomic mass is 9.81. The maximum Gasteiger partial charge on any atom is 0.224 e. The van der Waals surface area contributed by atoms with Crippen molar-refractivity contribution in [3.8, 4) is 6.07 Å². The van der Waals surface area contributed by atoms with E-state index < -0.39 is 5.54 Å². The molecular formula is C27H42N4O3. The summed E-state index contributed by atoms with van der Waals surface area (Å²) in [6.45, 7) is 3.89. The van der Waals surface area contributed by atoms with Crippen LogP contribution in [0.15, 0.2) is 0 Å². The fraction of sp³-hybridized carbons (Fsp3) is 0.889. The highest BCUT2D eigenvalue weighted by molar-refractivity contribution is 5.86. The molecule has 2 heterocycles. The molecule has 5 atom stereocenters. The van der Waals surface area contributed by atoms with Crippen molar-refractivity contribution in [2.75, 3.05) is 39.4 Å². The summed E-state index contributed by atoms with van der Waals surface area (Å²) in [5, 5.41) is 13.4. The number of nitrogens with one attached hydrogen (secondary N) is 1. The molecular weight excluding hydrogens is 428 g/mol. The summed E-state index contributed by atoms with van der Waals surface area (Å²) in [6.07, 6.45) is 13.0. The monoisotopic (exact) mass is 470 g/mol. The van der Waals surface area contributed by atoms with Gasteiger partial charge in [0, 0.05) is 44.6 Å². The lowest BCUT2D eigenvalue weighted by Gasteiger charge is -2.33. The number of fused-ring (bicyclic) bond motifs is 2. The highest BCUT2D eigenvalue weighted by Crippen LogP contribution is 2.47. The number of nitrogens with zero attached hydrogens (tertiary/aromatic N) is 3. The molecule has 0 radical (unpaired) electrons. The summed E-state index contributed by atoms with van der Waals surface area (Å²) in [7, 11) is 0. The molecule has 7 heteroatoms. The largest absolute Gasteiger partial charge is 0.378 e. The zero-order chi connectivity index (χ0) is 23.5. The van der Waals surface area contributed by atoms with Gasteiger partial charge in [-0.25, -0.2) is 0 Å². The second-order valence-electron chi connectivity index (χ2n) is 11.8. The van der Waals surface area contributed by atoms with E-state index in [0.717, 1.165) is 37.6 Å². The Hall–Kier alpha value is -1.65. The fourth-order valence-corrected chi connectivity index (χ4v) is 7.60. The molecule has 5 fully saturated rings. The first-order chi connectivity index (χ1) is 16.5. The van der Waals surface area contributed by atoms with Crippen LogP contribution in [0, 0.1) is 35.0 Å². The van der Waals surface area contributed by atoms with Gasteiger partial charge in [0.15, 0.2) is 0 Å². The molecule has 188 valence electrons. The van der Waals surface area contributed by atoms with Crippen LogP contribution in [0.3, 0.4) is 0 Å². The highest BCUT2D eigenvalue weighted by atomic mass is 16.5. The normalized spacial score (nSPS) is 35.3. The predicted molar refractivity (Wildman–Crippen MR) is 129 cm³/mol. The number of hydrogen-bond acceptors (Lipinski definition) is 5. The first-order valence-corrected chi connectivity index (χ1v) is 13.9. The molecule has 0 aromatic carbocycles. The van der Waals surface area contributed by atoms with Gasteiger partial charge in [0.1, 0.15) is 5.54 Å². The van der Waals surface area contributed by atoms with Gasteiger partial charge < -0.3 is 15.0 Å². The minimum atomic E-state index is -0.814. The maximum atomic E-state index is 13.6. The Balaban J connectivity index is 1.23. The molecule has 3 saturated carbocycles. The van der Waals surface area contributed by atoms with Crippen molar-refractivity contribution in [3.05, 3.63) is 0 Å². The van der Waals surface area contributed by atoms with Crippen molar-refractivity contribution in [2.24, 2.45) is 23.7 Å². The van der Waals surface area contributed by atoms with Crippen LogP contribution in [0.2, 0.25) is 0 Å². The maximum absolute atomic E-state index is 13.6. The number of carbonyl (C=O) groups excluding carboxylic acids is 2. The average molecular weight is 471 g/mol. The minimum absolute atomic E-state index is 0.0558. The van der Waals surface area contributed by atoms with E-state index in [1.165, 1.54) is 44.9 Å². The molecule has 3 aliphatic carbocycles. The molecule has 5 aliphatic rings. The average Bonchev–Trinajstić information content (AvgIpc) is 3.61. The molecule has 2 bridgehead atoms. The van der Waals surface area contributed by atoms with Gasteiger partial charge in [-0.05, 0) is 49.9 Å². The van der Waals surface area contributed by atoms with E-state index in [2.05, 4.69) is 16.3 Å². The molecule has 7 nitrogen and oxygen atoms in total. The molecule has 34 heavy (non-hydrogen) atoms. The van der Waals surface area contributed by atoms with Gasteiger partial charge in [0.05, 0.1) is 19.3 Å². The predicted octanol–water partition coefficient (Wildman–Crippen LogP) is 3.09. The van der Waals surface area contributed by atoms with E-state index in [4.69, 9.17) is 4.74 Å². The molecule has 2 amide bonds. The van der Waals surface area contributed by atoms with Crippen LogP contribution >= 0.6 is 0 Å². The number of nitriles is 1. The summed E-state index contributed by atoms with van der Waals surface area (Å²) in [4.78, 5) is 31.0. The number of carbonyl (C=O) groups is 2. The first kappa shape index (κ1) is 24.1. The van der Waals surface area contributed by atoms with E-state index in [9.17, 15) is 14.9 Å². The summed E-state index contributed by atoms with van der Waals surface area (Å²) in [5.41, 5.74) is -0.814. The van der Waals surface area contributed by atoms with E-state index >= 15 is 0 Å². The Morgan fingerprint density at radius 1 is 1.06 bits per heavy atom. The number of likely N-dealkylation sites (tertiary alicyclic amines) is 1. The van der Waals surface area contributed by atoms with Gasteiger partial charge in [0.2, 0.25) is 11.8 Å². The molecule has 1 N–H and O–H groups in total. The molecule has 0 aromatic heterocycles. The second-order valence-corrected chi connectivity index (χ2v) is 11.8. The SMILES string of the molecule is N#CC1(NC(=O)C(CC(=O)N2CCOCC2)CC2CCCCC2)CCN(C2CC3CCC2C3)C1. The number of rotatable bonds is 7. The smallest absolute Gasteiger partial charge is 0.224 e. The lowest BCUT2D eigenvalue weighted by molar-refractivity contribution is -0.140. The van der Waals surface area contributed by atoms with Crippen LogP contribution in [0.4, 0.5) is 0 Å². The summed E-state index contributed by atoms with van der Waals surface area (Å²) in [5.74, 6) is 1.78. The number of ether oxygens (including phenoxy) is 1. The van der Waals surface area contributed by atoms with Gasteiger partial charge in [-0.15, -0.1) is 0 Å². The molecule has 2 saturated heterocycles. The van der Waals surface area contributed by atoms with E-state index in [0.29, 0.717) is 51.2 Å². The van der Waals surface area contributed by atoms with Crippen LogP contribution < -0.4 is 5.32 Å². The van der Waals surface area contributed by atoms with Gasteiger partial charge in [-0.1, -0.05) is 38.5 Å². The zero-order valence-corrected chi connectivity index (χ0v) is 20.7. The summed E-state index contributed by atoms with van der Waals surface area (Å²) < 4.78 is 5.40. The van der Waals surface area contributed by atoms with Crippen LogP contribution in [-0.2, 0) is 14.3 Å². The van der Waals surface area contributed by atoms with E-state index in [-0.39, 0.29) is 24.2 Å². The van der Waals surface area contributed by atoms with Crippen LogP contribution in [0.5, 0.6) is 0 Å². The Bertz CT molecular complexity index is 785. The Kier molecular flexibility index (Phi) is 7.46. The van der Waals surface area contributed by atoms with Crippen molar-refractivity contribution >= 4 is 11.8 Å². The van der Waals surface area contributed by atoms with Crippen molar-refractivity contribution < 1.29 is 14.3 Å². The van der Waals surface area contributed by atoms with Gasteiger partial charge in [-0.2, -0.15) is 5.26 Å². The fourth-order valence-electron chi connectivity index (χ4n) is 7.60. The highest BCUT2D eigenvalue weighted by Gasteiger charge is 2.48. The number of amides is 2. The van der Waals surface area contributed by atoms with E-state index in [1.807, 2.05) is 4.90 Å². The molecule has 5 unspecified atom stereocenters. The third-order valence-corrected chi connectivity index (χ3v) is 9.54. The van der Waals surface area contributed by atoms with Crippen LogP contribution in [-0.4, -0.2) is 72.6 Å². The number of hydrogen-bond donors (Lipinski definition) is 1. The third-order valence-electron chi connectivity index (χ3n) is 9.54. The standard InChI is InChI=1S/C27H42N4O3/c28-18-27(8-9-31(19-27)24-16-21-6-7-22(24)15-21)29-26(33)23(14-20-4-2-1-3-5-20)17-25(32)30-10-12-34-13-11-30/h20-24H,1-17,19H2,(H,29,33). The zero-order valence-electron chi connectivity index (χ0n) is 20.7. The molecule has 2 aliphatic heterocycles. The summed E-state index contributed by atoms with van der Waals surface area (Å²) in [6, 6.07) is 3.09. The quantitative estimate of drug-likeness (QED) is 0.618. The Morgan fingerprint density at radius 3 is 2.53 bits per heavy atom. The minimum Gasteiger partial charge on any atom is -0.378 e. The van der Waals surface area contributed by atoms with Crippen molar-refractivity contribution in [2.45, 2.75) is 88.6 Å². The first-order valence-electron chi connectivity index (χ1n) is 13.9. The van der Waals surface area contributed by atoms with Gasteiger partial charge >= 0.3 is 0 Å². The number of morpholine rings is 1. The van der Waals surface area contributed by atoms with Crippen molar-refractivity contribution in [3.63, 3.8) is 0 Å². The van der Waals surface area contributed by atoms with Crippen LogP contribution in [0.1, 0.15) is 77.0 Å². The van der Waals surface area contributed by atoms with Crippen LogP contribution in [0.25, 0.3) is 0 Å². The van der Waals surface area contributed by atoms with Gasteiger partial charge in [-0.3, -0.25) is 14.5 Å². The van der Waals surface area contributed by atoms with Crippen molar-refractivity contribution in [1.29, 1.82) is 5.26 Å².